The van der Waals surface area contributed by atoms with Crippen LogP contribution in [0.5, 0.6) is 0 Å². The van der Waals surface area contributed by atoms with Gasteiger partial charge >= 0.3 is 0 Å². The van der Waals surface area contributed by atoms with Crippen molar-refractivity contribution in [2.75, 3.05) is 25.0 Å². The number of Topliss-reactive ketones (excluding diaryl/α,β-unsaturated/α-hetero) is 1. The molecule has 3 aromatic rings. The van der Waals surface area contributed by atoms with E-state index in [1.165, 1.54) is 0 Å². The second kappa shape index (κ2) is 7.54. The second-order valence-electron chi connectivity index (χ2n) is 8.18. The van der Waals surface area contributed by atoms with Crippen LogP contribution in [0.1, 0.15) is 36.0 Å². The van der Waals surface area contributed by atoms with E-state index in [4.69, 9.17) is 0 Å². The predicted molar refractivity (Wildman–Crippen MR) is 118 cm³/mol. The van der Waals surface area contributed by atoms with Crippen molar-refractivity contribution in [3.63, 3.8) is 0 Å². The number of aromatic amines is 1. The van der Waals surface area contributed by atoms with Crippen LogP contribution in [0, 0.1) is 5.92 Å². The van der Waals surface area contributed by atoms with E-state index in [1.54, 1.807) is 6.20 Å². The number of halogens is 1. The largest absolute Gasteiger partial charge is 0.335 e. The van der Waals surface area contributed by atoms with Crippen LogP contribution in [0.15, 0.2) is 41.3 Å². The number of fused-ring (bicyclic) bond motifs is 1. The number of hydrogen-bond donors (Lipinski definition) is 1. The Kier molecular flexibility index (Phi) is 4.87. The topological polar surface area (TPSA) is 65.1 Å². The van der Waals surface area contributed by atoms with Gasteiger partial charge in [0.05, 0.1) is 28.7 Å². The minimum Gasteiger partial charge on any atom is -0.335 e. The van der Waals surface area contributed by atoms with Crippen molar-refractivity contribution in [1.82, 2.24) is 20.1 Å². The van der Waals surface area contributed by atoms with Crippen molar-refractivity contribution in [1.29, 1.82) is 0 Å². The summed E-state index contributed by atoms with van der Waals surface area (Å²) in [6.45, 7) is 2.08. The Hall–Kier alpha value is -2.25. The maximum absolute atomic E-state index is 13.3. The molecule has 29 heavy (non-hydrogen) atoms. The summed E-state index contributed by atoms with van der Waals surface area (Å²) >= 11 is 3.61. The van der Waals surface area contributed by atoms with Gasteiger partial charge in [-0.2, -0.15) is 5.10 Å². The average Bonchev–Trinajstić information content (AvgIpc) is 3.44. The summed E-state index contributed by atoms with van der Waals surface area (Å²) < 4.78 is 0.986. The van der Waals surface area contributed by atoms with E-state index in [0.717, 1.165) is 71.1 Å². The Morgan fingerprint density at radius 1 is 1.21 bits per heavy atom. The molecule has 0 amide bonds. The zero-order valence-electron chi connectivity index (χ0n) is 16.4. The summed E-state index contributed by atoms with van der Waals surface area (Å²) in [6.07, 6.45) is 9.60. The van der Waals surface area contributed by atoms with Gasteiger partial charge in [0.1, 0.15) is 0 Å². The standard InChI is InChI=1S/C22H24BrN5O/c1-27-8-6-16(7-9-27)28(17-11-25-26-12-17)21-18-10-15(23)4-5-20(18)24-13-19(21)22(29)14-2-3-14/h4-5,10-14,16H,2-3,6-9H2,1H3,(H,25,26). The van der Waals surface area contributed by atoms with Gasteiger partial charge in [0, 0.05) is 34.2 Å². The van der Waals surface area contributed by atoms with E-state index in [1.807, 2.05) is 24.5 Å². The fourth-order valence-corrected chi connectivity index (χ4v) is 4.67. The smallest absolute Gasteiger partial charge is 0.169 e. The van der Waals surface area contributed by atoms with Crippen LogP contribution in [0.2, 0.25) is 0 Å². The third-order valence-electron chi connectivity index (χ3n) is 6.07. The van der Waals surface area contributed by atoms with Crippen LogP contribution < -0.4 is 4.90 Å². The lowest BCUT2D eigenvalue weighted by atomic mass is 9.97. The van der Waals surface area contributed by atoms with Gasteiger partial charge in [-0.25, -0.2) is 0 Å². The number of benzene rings is 1. The number of likely N-dealkylation sites (tertiary alicyclic amines) is 1. The summed E-state index contributed by atoms with van der Waals surface area (Å²) in [4.78, 5) is 22.6. The Morgan fingerprint density at radius 3 is 2.69 bits per heavy atom. The predicted octanol–water partition coefficient (Wildman–Crippen LogP) is 4.55. The molecule has 3 heterocycles. The minimum absolute atomic E-state index is 0.142. The number of nitrogens with zero attached hydrogens (tertiary/aromatic N) is 4. The third-order valence-corrected chi connectivity index (χ3v) is 6.56. The molecule has 5 rings (SSSR count). The van der Waals surface area contributed by atoms with Crippen molar-refractivity contribution < 1.29 is 4.79 Å². The first-order valence-corrected chi connectivity index (χ1v) is 11.0. The Morgan fingerprint density at radius 2 is 2.00 bits per heavy atom. The lowest BCUT2D eigenvalue weighted by Crippen LogP contribution is -2.42. The van der Waals surface area contributed by atoms with Crippen molar-refractivity contribution in [2.45, 2.75) is 31.7 Å². The van der Waals surface area contributed by atoms with Gasteiger partial charge in [-0.3, -0.25) is 14.9 Å². The van der Waals surface area contributed by atoms with Gasteiger partial charge in [0.25, 0.3) is 0 Å². The third kappa shape index (κ3) is 3.57. The van der Waals surface area contributed by atoms with Crippen LogP contribution in [0.3, 0.4) is 0 Å². The van der Waals surface area contributed by atoms with Crippen LogP contribution in [0.4, 0.5) is 11.4 Å². The molecule has 6 nitrogen and oxygen atoms in total. The number of carbonyl (C=O) groups is 1. The van der Waals surface area contributed by atoms with Gasteiger partial charge in [-0.15, -0.1) is 0 Å². The number of hydrogen-bond acceptors (Lipinski definition) is 5. The molecule has 0 bridgehead atoms. The lowest BCUT2D eigenvalue weighted by molar-refractivity contribution is 0.0968. The molecule has 2 fully saturated rings. The zero-order valence-corrected chi connectivity index (χ0v) is 18.0. The number of carbonyl (C=O) groups excluding carboxylic acids is 1. The normalized spacial score (nSPS) is 18.3. The summed E-state index contributed by atoms with van der Waals surface area (Å²) in [7, 11) is 2.17. The van der Waals surface area contributed by atoms with Crippen LogP contribution >= 0.6 is 15.9 Å². The first-order valence-electron chi connectivity index (χ1n) is 10.2. The molecule has 2 aromatic heterocycles. The van der Waals surface area contributed by atoms with E-state index in [2.05, 4.69) is 54.0 Å². The van der Waals surface area contributed by atoms with Crippen LogP contribution in [-0.4, -0.2) is 52.0 Å². The van der Waals surface area contributed by atoms with E-state index in [9.17, 15) is 4.79 Å². The fraction of sp³-hybridized carbons (Fsp3) is 0.409. The molecule has 0 atom stereocenters. The van der Waals surface area contributed by atoms with Crippen LogP contribution in [-0.2, 0) is 0 Å². The molecule has 0 radical (unpaired) electrons. The van der Waals surface area contributed by atoms with Gasteiger partial charge < -0.3 is 9.80 Å². The molecule has 1 N–H and O–H groups in total. The van der Waals surface area contributed by atoms with Crippen molar-refractivity contribution in [2.24, 2.45) is 5.92 Å². The molecular formula is C22H24BrN5O. The highest BCUT2D eigenvalue weighted by Gasteiger charge is 2.36. The molecule has 7 heteroatoms. The number of nitrogens with one attached hydrogen (secondary N) is 1. The molecule has 2 aliphatic rings. The highest BCUT2D eigenvalue weighted by atomic mass is 79.9. The molecule has 1 aliphatic carbocycles. The molecule has 1 saturated heterocycles. The lowest BCUT2D eigenvalue weighted by Gasteiger charge is -2.39. The zero-order chi connectivity index (χ0) is 20.0. The molecule has 1 saturated carbocycles. The minimum atomic E-state index is 0.142. The van der Waals surface area contributed by atoms with E-state index in [0.29, 0.717) is 6.04 Å². The van der Waals surface area contributed by atoms with Crippen molar-refractivity contribution >= 4 is 44.0 Å². The molecule has 0 unspecified atom stereocenters. The van der Waals surface area contributed by atoms with Gasteiger partial charge in [0.15, 0.2) is 5.78 Å². The van der Waals surface area contributed by atoms with Gasteiger partial charge in [0.2, 0.25) is 0 Å². The highest BCUT2D eigenvalue weighted by molar-refractivity contribution is 9.10. The SMILES string of the molecule is CN1CCC(N(c2cn[nH]c2)c2c(C(=O)C3CC3)cnc3ccc(Br)cc23)CC1. The first-order chi connectivity index (χ1) is 14.1. The number of aromatic nitrogens is 3. The summed E-state index contributed by atoms with van der Waals surface area (Å²) in [5.41, 5.74) is 3.61. The monoisotopic (exact) mass is 453 g/mol. The Balaban J connectivity index is 1.73. The van der Waals surface area contributed by atoms with Gasteiger partial charge in [-0.05, 0) is 64.0 Å². The second-order valence-corrected chi connectivity index (χ2v) is 9.10. The number of piperidine rings is 1. The van der Waals surface area contributed by atoms with E-state index in [-0.39, 0.29) is 11.7 Å². The molecule has 1 aliphatic heterocycles. The average molecular weight is 454 g/mol. The number of anilines is 2. The number of rotatable bonds is 5. The Labute approximate surface area is 178 Å². The maximum Gasteiger partial charge on any atom is 0.169 e. The van der Waals surface area contributed by atoms with Crippen LogP contribution in [0.25, 0.3) is 10.9 Å². The number of pyridine rings is 1. The summed E-state index contributed by atoms with van der Waals surface area (Å²) in [5, 5.41) is 8.18. The van der Waals surface area contributed by atoms with Crippen molar-refractivity contribution in [3.8, 4) is 0 Å². The van der Waals surface area contributed by atoms with Crippen molar-refractivity contribution in [3.05, 3.63) is 46.8 Å². The number of H-pyrrole nitrogens is 1. The summed E-state index contributed by atoms with van der Waals surface area (Å²) in [6, 6.07) is 6.40. The Bertz CT molecular complexity index is 1040. The van der Waals surface area contributed by atoms with E-state index < -0.39 is 0 Å². The highest BCUT2D eigenvalue weighted by Crippen LogP contribution is 2.42. The fourth-order valence-electron chi connectivity index (χ4n) is 4.31. The molecule has 150 valence electrons. The number of ketones is 1. The molecule has 1 aromatic carbocycles. The quantitative estimate of drug-likeness (QED) is 0.574. The summed E-state index contributed by atoms with van der Waals surface area (Å²) in [5.74, 6) is 0.361. The van der Waals surface area contributed by atoms with Gasteiger partial charge in [-0.1, -0.05) is 15.9 Å². The molecular weight excluding hydrogens is 430 g/mol. The maximum atomic E-state index is 13.3. The molecule has 0 spiro atoms. The van der Waals surface area contributed by atoms with E-state index >= 15 is 0 Å². The first kappa shape index (κ1) is 18.8.